The second-order valence-corrected chi connectivity index (χ2v) is 3.85. The van der Waals surface area contributed by atoms with Crippen LogP contribution in [0, 0.1) is 5.21 Å². The third-order valence-corrected chi connectivity index (χ3v) is 2.77. The minimum absolute atomic E-state index is 0.0521. The zero-order valence-corrected chi connectivity index (χ0v) is 6.90. The molecule has 1 heterocycles. The van der Waals surface area contributed by atoms with E-state index in [9.17, 15) is 5.21 Å². The van der Waals surface area contributed by atoms with Crippen molar-refractivity contribution in [3.8, 4) is 0 Å². The molecule has 4 heteroatoms. The molecule has 2 N–H and O–H groups in total. The van der Waals surface area contributed by atoms with Gasteiger partial charge in [0.15, 0.2) is 0 Å². The number of nitrogens with two attached hydrogens (primary N) is 1. The number of nitrogens with zero attached hydrogens (tertiary/aromatic N) is 1. The van der Waals surface area contributed by atoms with Gasteiger partial charge in [0.2, 0.25) is 0 Å². The molecule has 0 aromatic carbocycles. The molecule has 0 radical (unpaired) electrons. The van der Waals surface area contributed by atoms with Crippen LogP contribution in [0.2, 0.25) is 0 Å². The summed E-state index contributed by atoms with van der Waals surface area (Å²) in [6.45, 7) is 2.62. The fourth-order valence-corrected chi connectivity index (χ4v) is 2.26. The Morgan fingerprint density at radius 3 is 2.50 bits per heavy atom. The van der Waals surface area contributed by atoms with E-state index in [1.54, 1.807) is 0 Å². The van der Waals surface area contributed by atoms with Crippen molar-refractivity contribution in [1.82, 2.24) is 0 Å². The summed E-state index contributed by atoms with van der Waals surface area (Å²) in [7, 11) is 0. The van der Waals surface area contributed by atoms with Gasteiger partial charge >= 0.3 is 0 Å². The summed E-state index contributed by atoms with van der Waals surface area (Å²) in [6.07, 6.45) is 0. The second kappa shape index (κ2) is 3.57. The highest BCUT2D eigenvalue weighted by Gasteiger charge is 2.19. The standard InChI is InChI=1S/C6H14N2OS/c7-1-2-8(9)3-5-10-6-4-8/h1-7H2. The molecule has 0 atom stereocenters. The summed E-state index contributed by atoms with van der Waals surface area (Å²) in [4.78, 5) is 0. The highest BCUT2D eigenvalue weighted by Crippen LogP contribution is 2.15. The summed E-state index contributed by atoms with van der Waals surface area (Å²) < 4.78 is -0.0521. The smallest absolute Gasteiger partial charge is 0.0909 e. The Bertz CT molecular complexity index is 98.4. The van der Waals surface area contributed by atoms with Crippen LogP contribution in [0.1, 0.15) is 0 Å². The number of hydroxylamine groups is 3. The van der Waals surface area contributed by atoms with Gasteiger partial charge in [-0.1, -0.05) is 0 Å². The van der Waals surface area contributed by atoms with Gasteiger partial charge in [-0.15, -0.1) is 0 Å². The van der Waals surface area contributed by atoms with Gasteiger partial charge in [-0.05, 0) is 0 Å². The number of quaternary nitrogens is 1. The molecule has 1 fully saturated rings. The predicted molar refractivity (Wildman–Crippen MR) is 44.6 cm³/mol. The van der Waals surface area contributed by atoms with Crippen molar-refractivity contribution in [2.45, 2.75) is 0 Å². The van der Waals surface area contributed by atoms with Gasteiger partial charge in [0.05, 0.1) is 19.6 Å². The Hall–Kier alpha value is 0.230. The van der Waals surface area contributed by atoms with E-state index >= 15 is 0 Å². The fraction of sp³-hybridized carbons (Fsp3) is 1.00. The van der Waals surface area contributed by atoms with Gasteiger partial charge in [0, 0.05) is 18.1 Å². The lowest BCUT2D eigenvalue weighted by Gasteiger charge is -2.44. The van der Waals surface area contributed by atoms with Crippen molar-refractivity contribution in [1.29, 1.82) is 0 Å². The first kappa shape index (κ1) is 8.33. The summed E-state index contributed by atoms with van der Waals surface area (Å²) in [5.74, 6) is 2.01. The quantitative estimate of drug-likeness (QED) is 0.459. The van der Waals surface area contributed by atoms with Gasteiger partial charge in [-0.25, -0.2) is 0 Å². The lowest BCUT2D eigenvalue weighted by Crippen LogP contribution is -2.50. The van der Waals surface area contributed by atoms with E-state index in [1.165, 1.54) is 0 Å². The fourth-order valence-electron chi connectivity index (χ4n) is 1.13. The van der Waals surface area contributed by atoms with Gasteiger partial charge < -0.3 is 15.6 Å². The second-order valence-electron chi connectivity index (χ2n) is 2.63. The maximum Gasteiger partial charge on any atom is 0.0909 e. The predicted octanol–water partition coefficient (Wildman–Crippen LogP) is 0.00650. The summed E-state index contributed by atoms with van der Waals surface area (Å²) in [5.41, 5.74) is 5.32. The zero-order valence-electron chi connectivity index (χ0n) is 6.08. The molecule has 1 rings (SSSR count). The first-order valence-corrected chi connectivity index (χ1v) is 4.77. The van der Waals surface area contributed by atoms with E-state index in [0.717, 1.165) is 24.6 Å². The van der Waals surface area contributed by atoms with Crippen molar-refractivity contribution < 1.29 is 4.65 Å². The molecular formula is C6H14N2OS. The van der Waals surface area contributed by atoms with E-state index in [2.05, 4.69) is 0 Å². The molecule has 3 nitrogen and oxygen atoms in total. The van der Waals surface area contributed by atoms with Crippen LogP contribution in [0.25, 0.3) is 0 Å². The molecule has 1 saturated heterocycles. The summed E-state index contributed by atoms with van der Waals surface area (Å²) in [6, 6.07) is 0. The molecule has 0 spiro atoms. The van der Waals surface area contributed by atoms with Crippen LogP contribution >= 0.6 is 11.8 Å². The minimum Gasteiger partial charge on any atom is -0.633 e. The van der Waals surface area contributed by atoms with Crippen LogP contribution in [0.4, 0.5) is 0 Å². The van der Waals surface area contributed by atoms with E-state index in [0.29, 0.717) is 13.1 Å². The molecule has 10 heavy (non-hydrogen) atoms. The highest BCUT2D eigenvalue weighted by molar-refractivity contribution is 7.99. The minimum atomic E-state index is -0.0521. The van der Waals surface area contributed by atoms with Crippen LogP contribution in [0.5, 0.6) is 0 Å². The summed E-state index contributed by atoms with van der Waals surface area (Å²) in [5, 5.41) is 11.6. The van der Waals surface area contributed by atoms with Crippen molar-refractivity contribution in [3.63, 3.8) is 0 Å². The Morgan fingerprint density at radius 2 is 2.00 bits per heavy atom. The molecule has 0 aromatic heterocycles. The maximum absolute atomic E-state index is 11.6. The van der Waals surface area contributed by atoms with Crippen LogP contribution in [-0.4, -0.2) is 42.3 Å². The lowest BCUT2D eigenvalue weighted by atomic mass is 10.4. The topological polar surface area (TPSA) is 49.1 Å². The average Bonchev–Trinajstić information content (AvgIpc) is 1.89. The first-order valence-electron chi connectivity index (χ1n) is 3.62. The van der Waals surface area contributed by atoms with Crippen LogP contribution in [0.3, 0.4) is 0 Å². The molecule has 0 saturated carbocycles. The van der Waals surface area contributed by atoms with Gasteiger partial charge in [0.1, 0.15) is 0 Å². The number of thioether (sulfide) groups is 1. The lowest BCUT2D eigenvalue weighted by molar-refractivity contribution is -0.875. The Kier molecular flexibility index (Phi) is 2.97. The van der Waals surface area contributed by atoms with Gasteiger partial charge in [-0.2, -0.15) is 11.8 Å². The number of rotatable bonds is 2. The molecule has 0 bridgehead atoms. The molecular weight excluding hydrogens is 148 g/mol. The Balaban J connectivity index is 2.32. The molecule has 1 aliphatic rings. The Morgan fingerprint density at radius 1 is 1.40 bits per heavy atom. The van der Waals surface area contributed by atoms with Gasteiger partial charge in [-0.3, -0.25) is 0 Å². The van der Waals surface area contributed by atoms with Crippen molar-refractivity contribution in [2.75, 3.05) is 37.7 Å². The number of hydrogen-bond acceptors (Lipinski definition) is 3. The molecule has 0 aromatic rings. The van der Waals surface area contributed by atoms with Crippen LogP contribution in [0.15, 0.2) is 0 Å². The largest absolute Gasteiger partial charge is 0.633 e. The molecule has 0 aliphatic carbocycles. The van der Waals surface area contributed by atoms with E-state index in [4.69, 9.17) is 5.73 Å². The van der Waals surface area contributed by atoms with Crippen LogP contribution in [-0.2, 0) is 0 Å². The first-order chi connectivity index (χ1) is 4.77. The third-order valence-electron chi connectivity index (χ3n) is 1.82. The Labute approximate surface area is 65.7 Å². The normalized spacial score (nSPS) is 24.6. The summed E-state index contributed by atoms with van der Waals surface area (Å²) >= 11 is 1.87. The molecule has 60 valence electrons. The highest BCUT2D eigenvalue weighted by atomic mass is 32.2. The van der Waals surface area contributed by atoms with E-state index in [-0.39, 0.29) is 4.65 Å². The average molecular weight is 162 g/mol. The van der Waals surface area contributed by atoms with Gasteiger partial charge in [0.25, 0.3) is 0 Å². The van der Waals surface area contributed by atoms with Crippen molar-refractivity contribution >= 4 is 11.8 Å². The zero-order chi connectivity index (χ0) is 7.45. The maximum atomic E-state index is 11.6. The van der Waals surface area contributed by atoms with Crippen molar-refractivity contribution in [2.24, 2.45) is 5.73 Å². The number of hydrogen-bond donors (Lipinski definition) is 1. The monoisotopic (exact) mass is 162 g/mol. The molecule has 0 amide bonds. The van der Waals surface area contributed by atoms with Crippen molar-refractivity contribution in [3.05, 3.63) is 5.21 Å². The molecule has 0 unspecified atom stereocenters. The SMILES string of the molecule is NCC[N+]1([O-])CCSCC1. The van der Waals surface area contributed by atoms with E-state index < -0.39 is 0 Å². The van der Waals surface area contributed by atoms with Crippen LogP contribution < -0.4 is 5.73 Å². The van der Waals surface area contributed by atoms with E-state index in [1.807, 2.05) is 11.8 Å². The molecule has 1 aliphatic heterocycles. The third kappa shape index (κ3) is 2.12.